The summed E-state index contributed by atoms with van der Waals surface area (Å²) in [5.74, 6) is 0.935. The van der Waals surface area contributed by atoms with Gasteiger partial charge in [-0.25, -0.2) is 0 Å². The number of nitrogens with one attached hydrogen (secondary N) is 1. The summed E-state index contributed by atoms with van der Waals surface area (Å²) in [5, 5.41) is 26.5. The van der Waals surface area contributed by atoms with Crippen molar-refractivity contribution in [3.8, 4) is 0 Å². The summed E-state index contributed by atoms with van der Waals surface area (Å²) >= 11 is 0. The van der Waals surface area contributed by atoms with Crippen LogP contribution in [0.5, 0.6) is 0 Å². The smallest absolute Gasteiger partial charge is 0.272 e. The van der Waals surface area contributed by atoms with E-state index in [1.54, 1.807) is 0 Å². The molecule has 2 rings (SSSR count). The van der Waals surface area contributed by atoms with Crippen molar-refractivity contribution in [1.29, 1.82) is 0 Å². The highest BCUT2D eigenvalue weighted by Gasteiger charge is 2.34. The lowest BCUT2D eigenvalue weighted by Crippen LogP contribution is -2.33. The molecule has 148 valence electrons. The summed E-state index contributed by atoms with van der Waals surface area (Å²) in [5.41, 5.74) is 3.56. The second kappa shape index (κ2) is 8.45. The number of hydrogen-bond acceptors (Lipinski definition) is 6. The normalized spacial score (nSPS) is 21.9. The average Bonchev–Trinajstić information content (AvgIpc) is 2.60. The largest absolute Gasteiger partial charge is 0.301 e. The summed E-state index contributed by atoms with van der Waals surface area (Å²) in [4.78, 5) is 20.8. The van der Waals surface area contributed by atoms with Crippen LogP contribution in [-0.2, 0) is 0 Å². The van der Waals surface area contributed by atoms with Gasteiger partial charge in [-0.15, -0.1) is 0 Å². The molecule has 0 aromatic heterocycles. The van der Waals surface area contributed by atoms with Gasteiger partial charge in [-0.3, -0.25) is 25.7 Å². The van der Waals surface area contributed by atoms with E-state index in [2.05, 4.69) is 38.2 Å². The molecule has 8 heteroatoms. The molecule has 8 nitrogen and oxygen atoms in total. The fourth-order valence-electron chi connectivity index (χ4n) is 3.98. The molecular weight excluding hydrogens is 348 g/mol. The Kier molecular flexibility index (Phi) is 6.51. The number of rotatable bonds is 7. The van der Waals surface area contributed by atoms with Crippen LogP contribution in [0.15, 0.2) is 23.3 Å². The van der Waals surface area contributed by atoms with Crippen LogP contribution in [0.4, 0.5) is 17.1 Å². The van der Waals surface area contributed by atoms with Gasteiger partial charge in [-0.05, 0) is 49.0 Å². The Morgan fingerprint density at radius 1 is 1.26 bits per heavy atom. The minimum Gasteiger partial charge on any atom is -0.272 e. The first-order valence-corrected chi connectivity index (χ1v) is 9.41. The Bertz CT molecular complexity index is 745. The number of non-ortho nitro benzene ring substituents is 1. The molecule has 1 aliphatic carbocycles. The van der Waals surface area contributed by atoms with Crippen molar-refractivity contribution in [2.24, 2.45) is 22.4 Å². The molecule has 0 bridgehead atoms. The van der Waals surface area contributed by atoms with E-state index in [4.69, 9.17) is 0 Å². The minimum atomic E-state index is -0.649. The lowest BCUT2D eigenvalue weighted by Gasteiger charge is -2.39. The molecule has 27 heavy (non-hydrogen) atoms. The Labute approximate surface area is 159 Å². The van der Waals surface area contributed by atoms with E-state index >= 15 is 0 Å². The maximum atomic E-state index is 11.2. The first-order chi connectivity index (χ1) is 12.7. The fourth-order valence-corrected chi connectivity index (χ4v) is 3.98. The SMILES string of the molecule is CCCC(C)(C)C1CC/C(=N/Nc2ccc([N+](=O)[O-])cc2[N+](=O)[O-])C(C)C1. The number of anilines is 1. The molecule has 2 atom stereocenters. The predicted molar refractivity (Wildman–Crippen MR) is 106 cm³/mol. The zero-order valence-corrected chi connectivity index (χ0v) is 16.4. The van der Waals surface area contributed by atoms with Gasteiger partial charge in [0.05, 0.1) is 15.9 Å². The molecule has 1 N–H and O–H groups in total. The van der Waals surface area contributed by atoms with Crippen LogP contribution in [0, 0.1) is 37.5 Å². The predicted octanol–water partition coefficient (Wildman–Crippen LogP) is 5.53. The Hall–Kier alpha value is -2.51. The summed E-state index contributed by atoms with van der Waals surface area (Å²) in [6, 6.07) is 3.53. The van der Waals surface area contributed by atoms with Gasteiger partial charge in [0.1, 0.15) is 5.69 Å². The molecule has 0 heterocycles. The van der Waals surface area contributed by atoms with Gasteiger partial charge in [-0.2, -0.15) is 5.10 Å². The zero-order valence-electron chi connectivity index (χ0n) is 16.4. The fraction of sp³-hybridized carbons (Fsp3) is 0.632. The second-order valence-electron chi connectivity index (χ2n) is 8.04. The number of hydrazone groups is 1. The third kappa shape index (κ3) is 5.02. The van der Waals surface area contributed by atoms with Crippen LogP contribution < -0.4 is 5.43 Å². The molecule has 1 aromatic carbocycles. The van der Waals surface area contributed by atoms with Crippen molar-refractivity contribution in [2.75, 3.05) is 5.43 Å². The van der Waals surface area contributed by atoms with E-state index < -0.39 is 9.85 Å². The van der Waals surface area contributed by atoms with E-state index in [1.165, 1.54) is 25.0 Å². The van der Waals surface area contributed by atoms with E-state index in [0.29, 0.717) is 17.3 Å². The maximum absolute atomic E-state index is 11.2. The topological polar surface area (TPSA) is 111 Å². The molecule has 0 spiro atoms. The van der Waals surface area contributed by atoms with Crippen LogP contribution in [0.1, 0.15) is 59.8 Å². The van der Waals surface area contributed by atoms with Crippen molar-refractivity contribution in [1.82, 2.24) is 0 Å². The van der Waals surface area contributed by atoms with Crippen molar-refractivity contribution in [3.63, 3.8) is 0 Å². The molecule has 1 saturated carbocycles. The van der Waals surface area contributed by atoms with Crippen LogP contribution in [0.2, 0.25) is 0 Å². The van der Waals surface area contributed by atoms with Crippen molar-refractivity contribution in [2.45, 2.75) is 59.8 Å². The van der Waals surface area contributed by atoms with Gasteiger partial charge in [-0.1, -0.05) is 34.1 Å². The molecule has 0 saturated heterocycles. The Balaban J connectivity index is 2.13. The number of nitro groups is 2. The van der Waals surface area contributed by atoms with Crippen LogP contribution in [-0.4, -0.2) is 15.6 Å². The van der Waals surface area contributed by atoms with Crippen LogP contribution >= 0.6 is 0 Å². The first kappa shape index (κ1) is 20.8. The van der Waals surface area contributed by atoms with Gasteiger partial charge in [0.25, 0.3) is 5.69 Å². The first-order valence-electron chi connectivity index (χ1n) is 9.41. The van der Waals surface area contributed by atoms with Gasteiger partial charge in [0, 0.05) is 11.8 Å². The number of nitrogens with zero attached hydrogens (tertiary/aromatic N) is 3. The highest BCUT2D eigenvalue weighted by atomic mass is 16.6. The summed E-state index contributed by atoms with van der Waals surface area (Å²) < 4.78 is 0. The van der Waals surface area contributed by atoms with Gasteiger partial charge in [0.2, 0.25) is 0 Å². The standard InChI is InChI=1S/C19H28N4O4/c1-5-10-19(3,4)14-6-8-16(13(2)11-14)20-21-17-9-7-15(22(24)25)12-18(17)23(26)27/h7,9,12-14,21H,5-6,8,10-11H2,1-4H3/b20-16-. The molecule has 1 aliphatic rings. The Morgan fingerprint density at radius 3 is 2.52 bits per heavy atom. The molecular formula is C19H28N4O4. The lowest BCUT2D eigenvalue weighted by atomic mass is 9.66. The minimum absolute atomic E-state index is 0.165. The molecule has 0 radical (unpaired) electrons. The number of benzene rings is 1. The van der Waals surface area contributed by atoms with E-state index in [1.807, 2.05) is 0 Å². The van der Waals surface area contributed by atoms with E-state index in [0.717, 1.165) is 31.0 Å². The van der Waals surface area contributed by atoms with E-state index in [9.17, 15) is 20.2 Å². The monoisotopic (exact) mass is 376 g/mol. The van der Waals surface area contributed by atoms with Crippen molar-refractivity contribution < 1.29 is 9.85 Å². The molecule has 0 aliphatic heterocycles. The van der Waals surface area contributed by atoms with Crippen molar-refractivity contribution >= 4 is 22.8 Å². The molecule has 2 unspecified atom stereocenters. The highest BCUT2D eigenvalue weighted by molar-refractivity contribution is 5.88. The number of nitro benzene ring substituents is 2. The molecule has 1 aromatic rings. The van der Waals surface area contributed by atoms with Gasteiger partial charge in [0.15, 0.2) is 0 Å². The van der Waals surface area contributed by atoms with Crippen LogP contribution in [0.25, 0.3) is 0 Å². The highest BCUT2D eigenvalue weighted by Crippen LogP contribution is 2.42. The molecule has 1 fully saturated rings. The Morgan fingerprint density at radius 2 is 1.96 bits per heavy atom. The maximum Gasteiger partial charge on any atom is 0.301 e. The average molecular weight is 376 g/mol. The zero-order chi connectivity index (χ0) is 20.2. The van der Waals surface area contributed by atoms with Gasteiger partial charge >= 0.3 is 5.69 Å². The second-order valence-corrected chi connectivity index (χ2v) is 8.04. The third-order valence-electron chi connectivity index (χ3n) is 5.66. The summed E-state index contributed by atoms with van der Waals surface area (Å²) in [6.45, 7) is 9.00. The quantitative estimate of drug-likeness (QED) is 0.496. The number of hydrogen-bond donors (Lipinski definition) is 1. The van der Waals surface area contributed by atoms with Gasteiger partial charge < -0.3 is 0 Å². The summed E-state index contributed by atoms with van der Waals surface area (Å²) in [7, 11) is 0. The van der Waals surface area contributed by atoms with Crippen LogP contribution in [0.3, 0.4) is 0 Å². The van der Waals surface area contributed by atoms with E-state index in [-0.39, 0.29) is 17.1 Å². The third-order valence-corrected chi connectivity index (χ3v) is 5.66. The molecule has 0 amide bonds. The lowest BCUT2D eigenvalue weighted by molar-refractivity contribution is -0.393. The summed E-state index contributed by atoms with van der Waals surface area (Å²) in [6.07, 6.45) is 5.33. The van der Waals surface area contributed by atoms with Crippen molar-refractivity contribution in [3.05, 3.63) is 38.4 Å².